The Morgan fingerprint density at radius 2 is 1.97 bits per heavy atom. The highest BCUT2D eigenvalue weighted by atomic mass is 16.6. The topological polar surface area (TPSA) is 96.4 Å². The molecule has 0 aliphatic carbocycles. The second-order valence-electron chi connectivity index (χ2n) is 11.2. The number of rotatable bonds is 17. The molecule has 3 aliphatic rings. The molecule has 3 heterocycles. The first-order valence-electron chi connectivity index (χ1n) is 14.6. The van der Waals surface area contributed by atoms with Crippen LogP contribution in [0.25, 0.3) is 0 Å². The molecule has 2 bridgehead atoms. The molecule has 0 aromatic carbocycles. The number of likely N-dealkylation sites (tertiary alicyclic amines) is 1. The fraction of sp³-hybridized carbons (Fsp3) is 0.767. The number of carbonyl (C=O) groups is 3. The quantitative estimate of drug-likeness (QED) is 0.173. The number of hydrogen-bond donors (Lipinski definition) is 1. The molecule has 3 aliphatic heterocycles. The third kappa shape index (κ3) is 5.44. The molecule has 38 heavy (non-hydrogen) atoms. The van der Waals surface area contributed by atoms with E-state index in [0.29, 0.717) is 51.6 Å². The average molecular weight is 533 g/mol. The van der Waals surface area contributed by atoms with E-state index in [4.69, 9.17) is 9.47 Å². The molecular formula is C30H48N2O6. The van der Waals surface area contributed by atoms with Crippen molar-refractivity contribution < 1.29 is 29.0 Å². The van der Waals surface area contributed by atoms with Crippen LogP contribution in [0.2, 0.25) is 0 Å². The lowest BCUT2D eigenvalue weighted by atomic mass is 9.65. The number of aliphatic hydroxyl groups excluding tert-OH is 1. The van der Waals surface area contributed by atoms with E-state index in [1.165, 1.54) is 0 Å². The molecule has 1 spiro atoms. The molecule has 0 aromatic heterocycles. The summed E-state index contributed by atoms with van der Waals surface area (Å²) in [5.41, 5.74) is -1.84. The van der Waals surface area contributed by atoms with Gasteiger partial charge in [-0.2, -0.15) is 0 Å². The van der Waals surface area contributed by atoms with Gasteiger partial charge in [-0.25, -0.2) is 0 Å². The maximum absolute atomic E-state index is 14.4. The van der Waals surface area contributed by atoms with E-state index >= 15 is 0 Å². The zero-order chi connectivity index (χ0) is 27.9. The number of hydrogen-bond acceptors (Lipinski definition) is 6. The van der Waals surface area contributed by atoms with Crippen molar-refractivity contribution in [3.8, 4) is 0 Å². The van der Waals surface area contributed by atoms with E-state index in [9.17, 15) is 19.5 Å². The van der Waals surface area contributed by atoms with Crippen molar-refractivity contribution in [1.82, 2.24) is 9.80 Å². The van der Waals surface area contributed by atoms with Crippen LogP contribution in [0.1, 0.15) is 85.0 Å². The highest BCUT2D eigenvalue weighted by Crippen LogP contribution is 2.64. The van der Waals surface area contributed by atoms with Crippen LogP contribution < -0.4 is 0 Å². The summed E-state index contributed by atoms with van der Waals surface area (Å²) < 4.78 is 12.5. The van der Waals surface area contributed by atoms with E-state index in [1.54, 1.807) is 17.1 Å². The van der Waals surface area contributed by atoms with E-state index in [-0.39, 0.29) is 31.1 Å². The number of fused-ring (bicyclic) bond motifs is 1. The van der Waals surface area contributed by atoms with Gasteiger partial charge in [0.25, 0.3) is 0 Å². The van der Waals surface area contributed by atoms with Gasteiger partial charge < -0.3 is 24.4 Å². The molecule has 0 aromatic rings. The minimum absolute atomic E-state index is 0.0170. The maximum atomic E-state index is 14.4. The predicted molar refractivity (Wildman–Crippen MR) is 146 cm³/mol. The first kappa shape index (κ1) is 30.4. The Morgan fingerprint density at radius 3 is 2.61 bits per heavy atom. The van der Waals surface area contributed by atoms with Gasteiger partial charge in [0.15, 0.2) is 0 Å². The maximum Gasteiger partial charge on any atom is 0.312 e. The molecule has 2 amide bonds. The molecule has 214 valence electrons. The summed E-state index contributed by atoms with van der Waals surface area (Å²) >= 11 is 0. The fourth-order valence-electron chi connectivity index (χ4n) is 7.01. The van der Waals surface area contributed by atoms with Crippen molar-refractivity contribution in [2.75, 3.05) is 26.3 Å². The molecule has 3 saturated heterocycles. The highest BCUT2D eigenvalue weighted by molar-refractivity contribution is 5.98. The van der Waals surface area contributed by atoms with Crippen LogP contribution in [0, 0.1) is 11.8 Å². The van der Waals surface area contributed by atoms with Crippen molar-refractivity contribution >= 4 is 17.8 Å². The number of aliphatic hydroxyl groups is 1. The number of carbonyl (C=O) groups excluding carboxylic acids is 3. The third-order valence-electron chi connectivity index (χ3n) is 8.87. The Balaban J connectivity index is 2.00. The lowest BCUT2D eigenvalue weighted by molar-refractivity contribution is -0.162. The summed E-state index contributed by atoms with van der Waals surface area (Å²) in [6.07, 6.45) is 10.5. The number of esters is 1. The van der Waals surface area contributed by atoms with Gasteiger partial charge in [0.1, 0.15) is 17.6 Å². The van der Waals surface area contributed by atoms with Gasteiger partial charge >= 0.3 is 5.97 Å². The fourth-order valence-corrected chi connectivity index (χ4v) is 7.01. The minimum atomic E-state index is -1.04. The zero-order valence-electron chi connectivity index (χ0n) is 23.7. The van der Waals surface area contributed by atoms with E-state index in [0.717, 1.165) is 25.7 Å². The van der Waals surface area contributed by atoms with Crippen LogP contribution in [-0.2, 0) is 23.9 Å². The van der Waals surface area contributed by atoms with Crippen LogP contribution in [0.4, 0.5) is 0 Å². The molecule has 1 N–H and O–H groups in total. The van der Waals surface area contributed by atoms with Gasteiger partial charge in [0, 0.05) is 25.7 Å². The molecule has 0 saturated carbocycles. The van der Waals surface area contributed by atoms with Crippen LogP contribution >= 0.6 is 0 Å². The lowest BCUT2D eigenvalue weighted by Crippen LogP contribution is -2.58. The van der Waals surface area contributed by atoms with E-state index in [1.807, 2.05) is 18.7 Å². The molecule has 0 radical (unpaired) electrons. The van der Waals surface area contributed by atoms with Crippen LogP contribution in [0.3, 0.4) is 0 Å². The van der Waals surface area contributed by atoms with Gasteiger partial charge in [-0.15, -0.1) is 13.2 Å². The zero-order valence-corrected chi connectivity index (χ0v) is 23.7. The number of ether oxygens (including phenoxy) is 2. The second-order valence-corrected chi connectivity index (χ2v) is 11.2. The molecular weight excluding hydrogens is 484 g/mol. The lowest BCUT2D eigenvalue weighted by Gasteiger charge is -2.39. The number of unbranched alkanes of at least 4 members (excludes halogenated alkanes) is 3. The summed E-state index contributed by atoms with van der Waals surface area (Å²) in [7, 11) is 0. The molecule has 6 atom stereocenters. The highest BCUT2D eigenvalue weighted by Gasteiger charge is 2.79. The Morgan fingerprint density at radius 1 is 1.21 bits per heavy atom. The monoisotopic (exact) mass is 532 g/mol. The third-order valence-corrected chi connectivity index (χ3v) is 8.87. The van der Waals surface area contributed by atoms with Crippen molar-refractivity contribution in [3.63, 3.8) is 0 Å². The largest absolute Gasteiger partial charge is 0.465 e. The summed E-state index contributed by atoms with van der Waals surface area (Å²) in [6.45, 7) is 14.8. The standard InChI is InChI=1S/C30H48N2O6/c1-6-10-14-21-37-28(36)24-23-26(34)32(19-12-11-13-20-33)25(30(23)17-16-29(24,9-4)38-30)27(35)31(18-8-3)22(5)15-7-2/h6,8,22-25,33H,1,3,7,9-21H2,2,4-5H3/t22?,23-,24+,25?,29-,30?/m0/s1. The Hall–Kier alpha value is -2.19. The van der Waals surface area contributed by atoms with Crippen LogP contribution in [0.15, 0.2) is 25.3 Å². The smallest absolute Gasteiger partial charge is 0.312 e. The Labute approximate surface area is 228 Å². The van der Waals surface area contributed by atoms with Gasteiger partial charge in [-0.3, -0.25) is 14.4 Å². The van der Waals surface area contributed by atoms with Crippen molar-refractivity contribution in [2.24, 2.45) is 11.8 Å². The number of nitrogens with zero attached hydrogens (tertiary/aromatic N) is 2. The molecule has 3 fully saturated rings. The van der Waals surface area contributed by atoms with Gasteiger partial charge in [-0.05, 0) is 64.7 Å². The molecule has 8 nitrogen and oxygen atoms in total. The SMILES string of the molecule is C=CCCCOC(=O)[C@H]1[C@H]2C(=O)N(CCCCCO)C(C(=O)N(CC=C)C(C)CCC)C23CC[C@]1(CC)O3. The van der Waals surface area contributed by atoms with Gasteiger partial charge in [0.2, 0.25) is 11.8 Å². The van der Waals surface area contributed by atoms with Crippen molar-refractivity contribution in [3.05, 3.63) is 25.3 Å². The molecule has 3 rings (SSSR count). The normalized spacial score (nSPS) is 30.3. The minimum Gasteiger partial charge on any atom is -0.465 e. The van der Waals surface area contributed by atoms with Crippen molar-refractivity contribution in [1.29, 1.82) is 0 Å². The Bertz CT molecular complexity index is 877. The summed E-state index contributed by atoms with van der Waals surface area (Å²) in [5.74, 6) is -2.17. The van der Waals surface area contributed by atoms with Crippen LogP contribution in [-0.4, -0.2) is 82.3 Å². The summed E-state index contributed by atoms with van der Waals surface area (Å²) in [5, 5.41) is 9.24. The Kier molecular flexibility index (Phi) is 10.6. The first-order valence-corrected chi connectivity index (χ1v) is 14.6. The summed E-state index contributed by atoms with van der Waals surface area (Å²) in [6, 6.07) is -0.808. The number of allylic oxidation sites excluding steroid dienone is 1. The predicted octanol–water partition coefficient (Wildman–Crippen LogP) is 4.02. The number of amides is 2. The second kappa shape index (κ2) is 13.2. The summed E-state index contributed by atoms with van der Waals surface area (Å²) in [4.78, 5) is 45.6. The van der Waals surface area contributed by atoms with Gasteiger partial charge in [-0.1, -0.05) is 32.4 Å². The van der Waals surface area contributed by atoms with E-state index in [2.05, 4.69) is 20.1 Å². The molecule has 3 unspecified atom stereocenters. The van der Waals surface area contributed by atoms with Gasteiger partial charge in [0.05, 0.1) is 18.1 Å². The van der Waals surface area contributed by atoms with Crippen molar-refractivity contribution in [2.45, 2.75) is 108 Å². The average Bonchev–Trinajstić information content (AvgIpc) is 3.51. The van der Waals surface area contributed by atoms with E-state index < -0.39 is 35.0 Å². The molecule has 8 heteroatoms. The van der Waals surface area contributed by atoms with Crippen LogP contribution in [0.5, 0.6) is 0 Å². The first-order chi connectivity index (χ1) is 18.3.